The van der Waals surface area contributed by atoms with E-state index < -0.39 is 19.3 Å². The molecule has 0 saturated carbocycles. The van der Waals surface area contributed by atoms with Crippen LogP contribution in [0, 0.1) is 0 Å². The van der Waals surface area contributed by atoms with Crippen molar-refractivity contribution >= 4 is 35.0 Å². The van der Waals surface area contributed by atoms with Crippen molar-refractivity contribution in [3.63, 3.8) is 0 Å². The smallest absolute Gasteiger partial charge is 0.324 e. The third-order valence-corrected chi connectivity index (χ3v) is 4.36. The molecule has 23 heavy (non-hydrogen) atoms. The molecule has 4 aromatic rings. The second kappa shape index (κ2) is 4.73. The van der Waals surface area contributed by atoms with Gasteiger partial charge in [-0.05, 0) is 11.5 Å². The maximum absolute atomic E-state index is 12.2. The Morgan fingerprint density at radius 1 is 1.13 bits per heavy atom. The summed E-state index contributed by atoms with van der Waals surface area (Å²) in [6.45, 7) is 0. The Morgan fingerprint density at radius 3 is 2.70 bits per heavy atom. The molecule has 0 bridgehead atoms. The Morgan fingerprint density at radius 2 is 1.91 bits per heavy atom. The van der Waals surface area contributed by atoms with Gasteiger partial charge in [-0.3, -0.25) is 13.8 Å². The third kappa shape index (κ3) is 2.24. The average molecular weight is 330 g/mol. The summed E-state index contributed by atoms with van der Waals surface area (Å²) in [5.41, 5.74) is 0.716. The molecular formula is C14H11N4O4P. The van der Waals surface area contributed by atoms with Crippen molar-refractivity contribution in [3.05, 3.63) is 52.6 Å². The molecule has 9 heteroatoms. The van der Waals surface area contributed by atoms with Crippen molar-refractivity contribution in [2.24, 2.45) is 0 Å². The monoisotopic (exact) mass is 330 g/mol. The maximum atomic E-state index is 12.2. The molecule has 0 aliphatic carbocycles. The van der Waals surface area contributed by atoms with Crippen LogP contribution >= 0.6 is 7.60 Å². The summed E-state index contributed by atoms with van der Waals surface area (Å²) in [6.07, 6.45) is -0.584. The molecule has 0 atom stereocenters. The predicted molar refractivity (Wildman–Crippen MR) is 84.4 cm³/mol. The second-order valence-electron chi connectivity index (χ2n) is 5.23. The minimum atomic E-state index is -4.34. The molecular weight excluding hydrogens is 319 g/mol. The number of fused-ring (bicyclic) bond motifs is 5. The maximum Gasteiger partial charge on any atom is 0.333 e. The highest BCUT2D eigenvalue weighted by molar-refractivity contribution is 7.50. The molecule has 3 N–H and O–H groups in total. The van der Waals surface area contributed by atoms with Crippen molar-refractivity contribution in [2.45, 2.75) is 6.16 Å². The van der Waals surface area contributed by atoms with Crippen LogP contribution in [0.2, 0.25) is 0 Å². The minimum absolute atomic E-state index is 0.0104. The van der Waals surface area contributed by atoms with E-state index in [-0.39, 0.29) is 11.5 Å². The van der Waals surface area contributed by atoms with Crippen molar-refractivity contribution < 1.29 is 14.4 Å². The van der Waals surface area contributed by atoms with Crippen molar-refractivity contribution in [1.29, 1.82) is 0 Å². The van der Waals surface area contributed by atoms with Gasteiger partial charge in [-0.2, -0.15) is 0 Å². The number of nitrogens with zero attached hydrogens (tertiary/aromatic N) is 3. The first-order valence-corrected chi connectivity index (χ1v) is 8.56. The minimum Gasteiger partial charge on any atom is -0.324 e. The highest BCUT2D eigenvalue weighted by Gasteiger charge is 2.21. The van der Waals surface area contributed by atoms with Crippen LogP contribution in [0.15, 0.2) is 41.2 Å². The summed E-state index contributed by atoms with van der Waals surface area (Å²) in [7, 11) is -4.34. The van der Waals surface area contributed by atoms with E-state index in [1.54, 1.807) is 6.07 Å². The van der Waals surface area contributed by atoms with E-state index in [9.17, 15) is 19.1 Å². The fourth-order valence-corrected chi connectivity index (χ4v) is 3.32. The number of hydrogen-bond donors (Lipinski definition) is 3. The van der Waals surface area contributed by atoms with Crippen LogP contribution in [-0.4, -0.2) is 29.4 Å². The lowest BCUT2D eigenvalue weighted by atomic mass is 10.1. The normalized spacial score (nSPS) is 12.4. The molecule has 0 aliphatic heterocycles. The Bertz CT molecular complexity index is 1170. The number of benzene rings is 2. The zero-order chi connectivity index (χ0) is 16.2. The lowest BCUT2D eigenvalue weighted by Crippen LogP contribution is -2.12. The molecule has 2 aromatic carbocycles. The molecule has 0 spiro atoms. The van der Waals surface area contributed by atoms with E-state index in [1.807, 2.05) is 30.3 Å². The Labute approximate surface area is 128 Å². The van der Waals surface area contributed by atoms with Crippen LogP contribution in [0.4, 0.5) is 0 Å². The highest BCUT2D eigenvalue weighted by atomic mass is 31.2. The largest absolute Gasteiger partial charge is 0.333 e. The van der Waals surface area contributed by atoms with Crippen LogP contribution < -0.4 is 5.56 Å². The highest BCUT2D eigenvalue weighted by Crippen LogP contribution is 2.38. The summed E-state index contributed by atoms with van der Waals surface area (Å²) >= 11 is 0. The molecule has 2 aromatic heterocycles. The summed E-state index contributed by atoms with van der Waals surface area (Å²) < 4.78 is 12.7. The van der Waals surface area contributed by atoms with Gasteiger partial charge >= 0.3 is 7.60 Å². The van der Waals surface area contributed by atoms with E-state index in [2.05, 4.69) is 15.2 Å². The van der Waals surface area contributed by atoms with Gasteiger partial charge in [0, 0.05) is 5.39 Å². The first kappa shape index (κ1) is 14.1. The fourth-order valence-electron chi connectivity index (χ4n) is 2.75. The van der Waals surface area contributed by atoms with E-state index in [0.29, 0.717) is 11.0 Å². The Balaban J connectivity index is 2.19. The molecule has 4 rings (SSSR count). The number of aromatic nitrogens is 4. The molecule has 0 unspecified atom stereocenters. The van der Waals surface area contributed by atoms with Crippen LogP contribution in [0.5, 0.6) is 0 Å². The molecule has 0 fully saturated rings. The summed E-state index contributed by atoms with van der Waals surface area (Å²) in [5.74, 6) is 0.0553. The van der Waals surface area contributed by atoms with Crippen LogP contribution in [-0.2, 0) is 10.7 Å². The summed E-state index contributed by atoms with van der Waals surface area (Å²) in [5, 5.41) is 9.31. The van der Waals surface area contributed by atoms with Crippen LogP contribution in [0.3, 0.4) is 0 Å². The van der Waals surface area contributed by atoms with Gasteiger partial charge in [0.2, 0.25) is 5.65 Å². The molecule has 0 radical (unpaired) electrons. The van der Waals surface area contributed by atoms with Gasteiger partial charge in [-0.15, -0.1) is 10.2 Å². The van der Waals surface area contributed by atoms with Crippen LogP contribution in [0.25, 0.3) is 27.5 Å². The molecule has 0 saturated heterocycles. The van der Waals surface area contributed by atoms with E-state index in [1.165, 1.54) is 4.40 Å². The van der Waals surface area contributed by atoms with Gasteiger partial charge in [-0.25, -0.2) is 0 Å². The number of H-pyrrole nitrogens is 1. The van der Waals surface area contributed by atoms with E-state index in [0.717, 1.165) is 10.8 Å². The molecule has 2 heterocycles. The number of aromatic amines is 1. The van der Waals surface area contributed by atoms with Gasteiger partial charge in [-0.1, -0.05) is 30.3 Å². The fraction of sp³-hybridized carbons (Fsp3) is 0.0714. The van der Waals surface area contributed by atoms with Crippen molar-refractivity contribution in [1.82, 2.24) is 19.6 Å². The molecule has 8 nitrogen and oxygen atoms in total. The second-order valence-corrected chi connectivity index (χ2v) is 6.88. The summed E-state index contributed by atoms with van der Waals surface area (Å²) in [6, 6.07) is 11.2. The Kier molecular flexibility index (Phi) is 2.89. The van der Waals surface area contributed by atoms with Gasteiger partial charge in [0.15, 0.2) is 0 Å². The van der Waals surface area contributed by atoms with Crippen LogP contribution in [0.1, 0.15) is 5.82 Å². The van der Waals surface area contributed by atoms with Gasteiger partial charge < -0.3 is 14.8 Å². The standard InChI is InChI=1S/C14H11N4O4P/c19-14-13-17-16-11(7-23(20,21)22)18(13)10-6-5-8-3-1-2-4-9(8)12(10)15-14/h1-6H,7H2,(H,15,19)(H2,20,21,22). The first-order chi connectivity index (χ1) is 10.9. The predicted octanol–water partition coefficient (Wildman–Crippen LogP) is 1.40. The topological polar surface area (TPSA) is 121 Å². The lowest BCUT2D eigenvalue weighted by Gasteiger charge is -2.08. The molecule has 0 aliphatic rings. The van der Waals surface area contributed by atoms with Crippen molar-refractivity contribution in [3.8, 4) is 0 Å². The van der Waals surface area contributed by atoms with E-state index in [4.69, 9.17) is 0 Å². The number of hydrogen-bond acceptors (Lipinski definition) is 4. The SMILES string of the molecule is O=c1[nH]c2c3ccccc3ccc2n2c(CP(=O)(O)O)nnc12. The molecule has 0 amide bonds. The zero-order valence-corrected chi connectivity index (χ0v) is 12.6. The first-order valence-electron chi connectivity index (χ1n) is 6.76. The van der Waals surface area contributed by atoms with Crippen molar-refractivity contribution in [2.75, 3.05) is 0 Å². The average Bonchev–Trinajstić information content (AvgIpc) is 2.90. The van der Waals surface area contributed by atoms with Gasteiger partial charge in [0.25, 0.3) is 5.56 Å². The quantitative estimate of drug-likeness (QED) is 0.377. The van der Waals surface area contributed by atoms with Gasteiger partial charge in [0.05, 0.1) is 11.0 Å². The number of nitrogens with one attached hydrogen (secondary N) is 1. The zero-order valence-electron chi connectivity index (χ0n) is 11.7. The summed E-state index contributed by atoms with van der Waals surface area (Å²) in [4.78, 5) is 33.4. The molecule has 116 valence electrons. The van der Waals surface area contributed by atoms with Gasteiger partial charge in [0.1, 0.15) is 12.0 Å². The lowest BCUT2D eigenvalue weighted by molar-refractivity contribution is 0.370. The number of rotatable bonds is 2. The van der Waals surface area contributed by atoms with E-state index >= 15 is 0 Å². The third-order valence-electron chi connectivity index (χ3n) is 3.67. The Hall–Kier alpha value is -2.54.